The number of rotatable bonds is 6. The van der Waals surface area contributed by atoms with Crippen molar-refractivity contribution in [3.8, 4) is 0 Å². The van der Waals surface area contributed by atoms with Gasteiger partial charge in [-0.3, -0.25) is 9.59 Å². The molecule has 0 bridgehead atoms. The molecule has 0 aliphatic carbocycles. The molecule has 0 radical (unpaired) electrons. The first kappa shape index (κ1) is 12.9. The van der Waals surface area contributed by atoms with Gasteiger partial charge in [-0.25, -0.2) is 0 Å². The summed E-state index contributed by atoms with van der Waals surface area (Å²) in [4.78, 5) is 21.6. The summed E-state index contributed by atoms with van der Waals surface area (Å²) < 4.78 is 5.10. The molecule has 0 saturated heterocycles. The summed E-state index contributed by atoms with van der Waals surface area (Å²) in [6.07, 6.45) is 0.419. The zero-order valence-corrected chi connectivity index (χ0v) is 8.92. The fraction of sp³-hybridized carbons (Fsp3) is 0.778. The number of hydrogen-bond donors (Lipinski definition) is 2. The second-order valence-electron chi connectivity index (χ2n) is 3.69. The summed E-state index contributed by atoms with van der Waals surface area (Å²) in [7, 11) is 0. The molecule has 0 heterocycles. The molecule has 0 fully saturated rings. The Balaban J connectivity index is 3.64. The smallest absolute Gasteiger partial charge is 0.225 e. The van der Waals surface area contributed by atoms with Crippen LogP contribution in [0.25, 0.3) is 0 Å². The molecule has 3 N–H and O–H groups in total. The first-order chi connectivity index (χ1) is 6.40. The van der Waals surface area contributed by atoms with Gasteiger partial charge in [-0.15, -0.1) is 0 Å². The van der Waals surface area contributed by atoms with Gasteiger partial charge in [0.1, 0.15) is 6.73 Å². The molecule has 0 aliphatic heterocycles. The van der Waals surface area contributed by atoms with Crippen molar-refractivity contribution in [3.63, 3.8) is 0 Å². The standard InChI is InChI=1S/C9H18N2O3/c1-4-7(12)11-6-14-5-9(2,3)8(10)13/h4-6H2,1-3H3,(H2,10,13)(H,11,12). The maximum Gasteiger partial charge on any atom is 0.225 e. The number of primary amides is 1. The monoisotopic (exact) mass is 202 g/mol. The first-order valence-electron chi connectivity index (χ1n) is 4.54. The molecule has 0 unspecified atom stereocenters. The average Bonchev–Trinajstić information content (AvgIpc) is 2.11. The van der Waals surface area contributed by atoms with Crippen molar-refractivity contribution in [3.05, 3.63) is 0 Å². The number of carbonyl (C=O) groups excluding carboxylic acids is 2. The highest BCUT2D eigenvalue weighted by molar-refractivity contribution is 5.80. The maximum atomic E-state index is 10.9. The zero-order chi connectivity index (χ0) is 11.2. The summed E-state index contributed by atoms with van der Waals surface area (Å²) in [6.45, 7) is 5.45. The van der Waals surface area contributed by atoms with Gasteiger partial charge in [-0.1, -0.05) is 6.92 Å². The minimum atomic E-state index is -0.697. The molecular weight excluding hydrogens is 184 g/mol. The molecule has 0 aromatic rings. The van der Waals surface area contributed by atoms with E-state index in [1.54, 1.807) is 20.8 Å². The number of nitrogens with two attached hydrogens (primary N) is 1. The van der Waals surface area contributed by atoms with Gasteiger partial charge < -0.3 is 15.8 Å². The predicted molar refractivity (Wildman–Crippen MR) is 52.2 cm³/mol. The van der Waals surface area contributed by atoms with E-state index in [9.17, 15) is 9.59 Å². The van der Waals surface area contributed by atoms with Crippen molar-refractivity contribution in [2.24, 2.45) is 11.1 Å². The molecule has 0 atom stereocenters. The fourth-order valence-corrected chi connectivity index (χ4v) is 0.634. The summed E-state index contributed by atoms with van der Waals surface area (Å²) in [6, 6.07) is 0. The van der Waals surface area contributed by atoms with Crippen molar-refractivity contribution in [2.75, 3.05) is 13.3 Å². The molecule has 5 nitrogen and oxygen atoms in total. The molecule has 0 aliphatic rings. The topological polar surface area (TPSA) is 81.4 Å². The lowest BCUT2D eigenvalue weighted by atomic mass is 9.94. The number of amides is 2. The minimum Gasteiger partial charge on any atom is -0.369 e. The van der Waals surface area contributed by atoms with E-state index < -0.39 is 11.3 Å². The number of hydrogen-bond acceptors (Lipinski definition) is 3. The number of carbonyl (C=O) groups is 2. The Bertz CT molecular complexity index is 214. The summed E-state index contributed by atoms with van der Waals surface area (Å²) in [5.41, 5.74) is 4.43. The summed E-state index contributed by atoms with van der Waals surface area (Å²) >= 11 is 0. The van der Waals surface area contributed by atoms with Gasteiger partial charge >= 0.3 is 0 Å². The largest absolute Gasteiger partial charge is 0.369 e. The maximum absolute atomic E-state index is 10.9. The third kappa shape index (κ3) is 4.81. The van der Waals surface area contributed by atoms with E-state index in [0.29, 0.717) is 6.42 Å². The average molecular weight is 202 g/mol. The normalized spacial score (nSPS) is 11.1. The molecule has 0 aromatic heterocycles. The summed E-state index contributed by atoms with van der Waals surface area (Å²) in [5, 5.41) is 2.53. The van der Waals surface area contributed by atoms with Crippen LogP contribution >= 0.6 is 0 Å². The molecule has 0 spiro atoms. The van der Waals surface area contributed by atoms with Gasteiger partial charge in [0.15, 0.2) is 0 Å². The van der Waals surface area contributed by atoms with Crippen molar-refractivity contribution in [2.45, 2.75) is 27.2 Å². The van der Waals surface area contributed by atoms with Crippen LogP contribution in [0.3, 0.4) is 0 Å². The molecule has 0 aromatic carbocycles. The third-order valence-electron chi connectivity index (χ3n) is 1.82. The van der Waals surface area contributed by atoms with E-state index in [1.165, 1.54) is 0 Å². The SMILES string of the molecule is CCC(=O)NCOCC(C)(C)C(N)=O. The summed E-state index contributed by atoms with van der Waals surface area (Å²) in [5.74, 6) is -0.499. The molecule has 14 heavy (non-hydrogen) atoms. The van der Waals surface area contributed by atoms with Crippen molar-refractivity contribution >= 4 is 11.8 Å². The van der Waals surface area contributed by atoms with Gasteiger partial charge in [0.25, 0.3) is 0 Å². The van der Waals surface area contributed by atoms with E-state index >= 15 is 0 Å². The molecule has 0 rings (SSSR count). The number of nitrogens with one attached hydrogen (secondary N) is 1. The van der Waals surface area contributed by atoms with Gasteiger partial charge in [0.2, 0.25) is 11.8 Å². The van der Waals surface area contributed by atoms with Crippen LogP contribution in [-0.4, -0.2) is 25.2 Å². The van der Waals surface area contributed by atoms with E-state index in [4.69, 9.17) is 10.5 Å². The van der Waals surface area contributed by atoms with Crippen molar-refractivity contribution < 1.29 is 14.3 Å². The van der Waals surface area contributed by atoms with Crippen LogP contribution in [0.15, 0.2) is 0 Å². The van der Waals surface area contributed by atoms with E-state index in [1.807, 2.05) is 0 Å². The van der Waals surface area contributed by atoms with Crippen LogP contribution in [-0.2, 0) is 14.3 Å². The van der Waals surface area contributed by atoms with Crippen LogP contribution in [0.2, 0.25) is 0 Å². The lowest BCUT2D eigenvalue weighted by Crippen LogP contribution is -2.37. The Morgan fingerprint density at radius 3 is 2.43 bits per heavy atom. The lowest BCUT2D eigenvalue weighted by molar-refractivity contribution is -0.130. The number of ether oxygens (including phenoxy) is 1. The van der Waals surface area contributed by atoms with E-state index in [-0.39, 0.29) is 19.2 Å². The highest BCUT2D eigenvalue weighted by Gasteiger charge is 2.24. The van der Waals surface area contributed by atoms with Crippen LogP contribution in [0.4, 0.5) is 0 Å². The molecule has 0 saturated carbocycles. The Labute approximate surface area is 84.0 Å². The Morgan fingerprint density at radius 2 is 2.00 bits per heavy atom. The fourth-order valence-electron chi connectivity index (χ4n) is 0.634. The van der Waals surface area contributed by atoms with Gasteiger partial charge in [0.05, 0.1) is 12.0 Å². The minimum absolute atomic E-state index is 0.0816. The second kappa shape index (κ2) is 5.59. The van der Waals surface area contributed by atoms with Crippen molar-refractivity contribution in [1.82, 2.24) is 5.32 Å². The molecule has 82 valence electrons. The second-order valence-corrected chi connectivity index (χ2v) is 3.69. The molecule has 5 heteroatoms. The van der Waals surface area contributed by atoms with Crippen LogP contribution in [0.1, 0.15) is 27.2 Å². The Morgan fingerprint density at radius 1 is 1.43 bits per heavy atom. The van der Waals surface area contributed by atoms with Gasteiger partial charge in [-0.2, -0.15) is 0 Å². The zero-order valence-electron chi connectivity index (χ0n) is 8.92. The van der Waals surface area contributed by atoms with Crippen LogP contribution < -0.4 is 11.1 Å². The highest BCUT2D eigenvalue weighted by atomic mass is 16.5. The highest BCUT2D eigenvalue weighted by Crippen LogP contribution is 2.13. The van der Waals surface area contributed by atoms with E-state index in [2.05, 4.69) is 5.32 Å². The molecular formula is C9H18N2O3. The Hall–Kier alpha value is -1.10. The quantitative estimate of drug-likeness (QED) is 0.470. The Kier molecular flexibility index (Phi) is 5.15. The van der Waals surface area contributed by atoms with E-state index in [0.717, 1.165) is 0 Å². The first-order valence-corrected chi connectivity index (χ1v) is 4.54. The third-order valence-corrected chi connectivity index (χ3v) is 1.82. The molecule has 2 amide bonds. The van der Waals surface area contributed by atoms with Crippen molar-refractivity contribution in [1.29, 1.82) is 0 Å². The van der Waals surface area contributed by atoms with Crippen LogP contribution in [0, 0.1) is 5.41 Å². The predicted octanol–water partition coefficient (Wildman–Crippen LogP) is -0.00180. The van der Waals surface area contributed by atoms with Crippen LogP contribution in [0.5, 0.6) is 0 Å². The van der Waals surface area contributed by atoms with Gasteiger partial charge in [-0.05, 0) is 13.8 Å². The lowest BCUT2D eigenvalue weighted by Gasteiger charge is -2.19. The van der Waals surface area contributed by atoms with Gasteiger partial charge in [0, 0.05) is 6.42 Å².